The van der Waals surface area contributed by atoms with E-state index in [1.807, 2.05) is 0 Å². The molecule has 0 atom stereocenters. The Balaban J connectivity index is 1.86. The molecule has 0 saturated heterocycles. The average molecular weight is 290 g/mol. The number of nitro groups is 1. The van der Waals surface area contributed by atoms with Crippen LogP contribution in [0.1, 0.15) is 39.0 Å². The van der Waals surface area contributed by atoms with Crippen molar-refractivity contribution in [3.05, 3.63) is 22.2 Å². The second-order valence-corrected chi connectivity index (χ2v) is 6.08. The summed E-state index contributed by atoms with van der Waals surface area (Å²) in [6.45, 7) is 3.83. The van der Waals surface area contributed by atoms with Crippen LogP contribution in [-0.2, 0) is 0 Å². The van der Waals surface area contributed by atoms with Gasteiger partial charge in [-0.1, -0.05) is 6.92 Å². The molecule has 6 nitrogen and oxygen atoms in total. The van der Waals surface area contributed by atoms with Gasteiger partial charge in [0.25, 0.3) is 5.69 Å². The third kappa shape index (κ3) is 3.62. The molecule has 0 unspecified atom stereocenters. The van der Waals surface area contributed by atoms with E-state index in [-0.39, 0.29) is 10.6 Å². The van der Waals surface area contributed by atoms with E-state index < -0.39 is 0 Å². The van der Waals surface area contributed by atoms with Crippen LogP contribution in [0.5, 0.6) is 0 Å². The molecular weight excluding hydrogens is 268 g/mol. The number of hydrogen-bond donors (Lipinski definition) is 1. The lowest BCUT2D eigenvalue weighted by Gasteiger charge is -2.24. The van der Waals surface area contributed by atoms with Crippen LogP contribution in [0.25, 0.3) is 0 Å². The topological polar surface area (TPSA) is 71.3 Å². The van der Waals surface area contributed by atoms with Crippen molar-refractivity contribution in [1.82, 2.24) is 4.98 Å². The lowest BCUT2D eigenvalue weighted by atomic mass is 10.3. The average Bonchev–Trinajstić information content (AvgIpc) is 3.35. The summed E-state index contributed by atoms with van der Waals surface area (Å²) in [7, 11) is 0. The summed E-state index contributed by atoms with van der Waals surface area (Å²) in [5.41, 5.74) is 0.125. The first-order chi connectivity index (χ1) is 10.2. The molecule has 2 aliphatic rings. The largest absolute Gasteiger partial charge is 0.370 e. The van der Waals surface area contributed by atoms with Crippen molar-refractivity contribution in [1.29, 1.82) is 0 Å². The summed E-state index contributed by atoms with van der Waals surface area (Å²) in [5, 5.41) is 14.3. The third-order valence-electron chi connectivity index (χ3n) is 4.00. The maximum atomic E-state index is 11.2. The van der Waals surface area contributed by atoms with Gasteiger partial charge < -0.3 is 10.2 Å². The fourth-order valence-electron chi connectivity index (χ4n) is 2.49. The van der Waals surface area contributed by atoms with Crippen molar-refractivity contribution in [3.63, 3.8) is 0 Å². The van der Waals surface area contributed by atoms with Crippen LogP contribution < -0.4 is 10.2 Å². The van der Waals surface area contributed by atoms with Crippen LogP contribution in [0.15, 0.2) is 12.1 Å². The van der Waals surface area contributed by atoms with Gasteiger partial charge in [0, 0.05) is 19.1 Å². The Morgan fingerprint density at radius 1 is 1.38 bits per heavy atom. The van der Waals surface area contributed by atoms with E-state index in [1.165, 1.54) is 31.7 Å². The SMILES string of the molecule is CCCNc1cc([N+](=O)[O-])cc(N(CC2CC2)C2CC2)n1. The van der Waals surface area contributed by atoms with Crippen LogP contribution >= 0.6 is 0 Å². The second kappa shape index (κ2) is 5.87. The van der Waals surface area contributed by atoms with E-state index in [2.05, 4.69) is 22.1 Å². The molecule has 0 spiro atoms. The van der Waals surface area contributed by atoms with Gasteiger partial charge in [-0.2, -0.15) is 0 Å². The van der Waals surface area contributed by atoms with Gasteiger partial charge in [-0.25, -0.2) is 4.98 Å². The van der Waals surface area contributed by atoms with Crippen LogP contribution in [0.4, 0.5) is 17.3 Å². The molecule has 0 aromatic carbocycles. The molecule has 0 aliphatic heterocycles. The molecule has 1 N–H and O–H groups in total. The summed E-state index contributed by atoms with van der Waals surface area (Å²) < 4.78 is 0. The Labute approximate surface area is 124 Å². The van der Waals surface area contributed by atoms with Gasteiger partial charge in [-0.05, 0) is 38.0 Å². The summed E-state index contributed by atoms with van der Waals surface area (Å²) in [4.78, 5) is 17.7. The molecule has 1 heterocycles. The van der Waals surface area contributed by atoms with E-state index in [9.17, 15) is 10.1 Å². The van der Waals surface area contributed by atoms with Crippen molar-refractivity contribution in [2.45, 2.75) is 45.1 Å². The zero-order valence-electron chi connectivity index (χ0n) is 12.4. The number of anilines is 2. The summed E-state index contributed by atoms with van der Waals surface area (Å²) in [5.74, 6) is 2.12. The first kappa shape index (κ1) is 14.1. The number of nitrogens with one attached hydrogen (secondary N) is 1. The van der Waals surface area contributed by atoms with Crippen LogP contribution in [0.3, 0.4) is 0 Å². The molecule has 0 radical (unpaired) electrons. The zero-order chi connectivity index (χ0) is 14.8. The summed E-state index contributed by atoms with van der Waals surface area (Å²) >= 11 is 0. The maximum Gasteiger partial charge on any atom is 0.276 e. The second-order valence-electron chi connectivity index (χ2n) is 6.08. The molecule has 3 rings (SSSR count). The highest BCUT2D eigenvalue weighted by molar-refractivity contribution is 5.57. The molecule has 0 amide bonds. The minimum Gasteiger partial charge on any atom is -0.370 e. The molecule has 2 aliphatic carbocycles. The van der Waals surface area contributed by atoms with E-state index in [0.717, 1.165) is 31.2 Å². The van der Waals surface area contributed by atoms with E-state index in [4.69, 9.17) is 0 Å². The van der Waals surface area contributed by atoms with Crippen molar-refractivity contribution in [3.8, 4) is 0 Å². The normalized spacial score (nSPS) is 17.6. The number of rotatable bonds is 8. The predicted octanol–water partition coefficient (Wildman–Crippen LogP) is 3.19. The minimum atomic E-state index is -0.329. The number of aromatic nitrogens is 1. The molecule has 2 fully saturated rings. The number of hydrogen-bond acceptors (Lipinski definition) is 5. The van der Waals surface area contributed by atoms with E-state index >= 15 is 0 Å². The Hall–Kier alpha value is -1.85. The van der Waals surface area contributed by atoms with Crippen molar-refractivity contribution in [2.75, 3.05) is 23.3 Å². The van der Waals surface area contributed by atoms with E-state index in [0.29, 0.717) is 11.9 Å². The predicted molar refractivity (Wildman–Crippen MR) is 82.8 cm³/mol. The Kier molecular flexibility index (Phi) is 3.94. The van der Waals surface area contributed by atoms with Crippen LogP contribution in [-0.4, -0.2) is 29.0 Å². The van der Waals surface area contributed by atoms with Crippen molar-refractivity contribution >= 4 is 17.3 Å². The van der Waals surface area contributed by atoms with Gasteiger partial charge in [0.2, 0.25) is 0 Å². The smallest absolute Gasteiger partial charge is 0.276 e. The van der Waals surface area contributed by atoms with Gasteiger partial charge in [0.1, 0.15) is 11.6 Å². The first-order valence-corrected chi connectivity index (χ1v) is 7.84. The molecule has 1 aromatic heterocycles. The maximum absolute atomic E-state index is 11.2. The fourth-order valence-corrected chi connectivity index (χ4v) is 2.49. The summed E-state index contributed by atoms with van der Waals surface area (Å²) in [6.07, 6.45) is 5.87. The highest BCUT2D eigenvalue weighted by Gasteiger charge is 2.35. The van der Waals surface area contributed by atoms with Gasteiger partial charge in [-0.3, -0.25) is 10.1 Å². The van der Waals surface area contributed by atoms with Crippen LogP contribution in [0, 0.1) is 16.0 Å². The number of nitrogens with zero attached hydrogens (tertiary/aromatic N) is 3. The highest BCUT2D eigenvalue weighted by atomic mass is 16.6. The molecule has 1 aromatic rings. The molecular formula is C15H22N4O2. The summed E-state index contributed by atoms with van der Waals surface area (Å²) in [6, 6.07) is 3.68. The molecule has 0 bridgehead atoms. The van der Waals surface area contributed by atoms with E-state index in [1.54, 1.807) is 6.07 Å². The standard InChI is InChI=1S/C15H22N4O2/c1-2-7-16-14-8-13(19(20)21)9-15(17-14)18(12-5-6-12)10-11-3-4-11/h8-9,11-12H,2-7,10H2,1H3,(H,16,17). The molecule has 114 valence electrons. The third-order valence-corrected chi connectivity index (χ3v) is 4.00. The number of pyridine rings is 1. The molecule has 6 heteroatoms. The quantitative estimate of drug-likeness (QED) is 0.588. The monoisotopic (exact) mass is 290 g/mol. The Morgan fingerprint density at radius 2 is 2.14 bits per heavy atom. The molecule has 2 saturated carbocycles. The highest BCUT2D eigenvalue weighted by Crippen LogP contribution is 2.38. The molecule has 21 heavy (non-hydrogen) atoms. The Morgan fingerprint density at radius 3 is 2.71 bits per heavy atom. The van der Waals surface area contributed by atoms with Gasteiger partial charge >= 0.3 is 0 Å². The van der Waals surface area contributed by atoms with Gasteiger partial charge in [0.15, 0.2) is 0 Å². The Bertz CT molecular complexity index is 526. The van der Waals surface area contributed by atoms with Crippen LogP contribution in [0.2, 0.25) is 0 Å². The first-order valence-electron chi connectivity index (χ1n) is 7.84. The van der Waals surface area contributed by atoms with Crippen molar-refractivity contribution in [2.24, 2.45) is 5.92 Å². The lowest BCUT2D eigenvalue weighted by Crippen LogP contribution is -2.29. The van der Waals surface area contributed by atoms with Crippen molar-refractivity contribution < 1.29 is 4.92 Å². The fraction of sp³-hybridized carbons (Fsp3) is 0.667. The minimum absolute atomic E-state index is 0.125. The lowest BCUT2D eigenvalue weighted by molar-refractivity contribution is -0.384. The zero-order valence-corrected chi connectivity index (χ0v) is 12.4. The van der Waals surface area contributed by atoms with Gasteiger partial charge in [-0.15, -0.1) is 0 Å². The van der Waals surface area contributed by atoms with Gasteiger partial charge in [0.05, 0.1) is 17.1 Å².